The number of aromatic nitrogens is 2. The fraction of sp³-hybridized carbons (Fsp3) is 0.154. The molecule has 11 heteroatoms. The fourth-order valence-electron chi connectivity index (χ4n) is 1.86. The molecule has 0 aliphatic rings. The van der Waals surface area contributed by atoms with Crippen LogP contribution in [-0.4, -0.2) is 38.5 Å². The minimum absolute atomic E-state index is 0.0164. The van der Waals surface area contributed by atoms with E-state index in [2.05, 4.69) is 20.0 Å². The Labute approximate surface area is 137 Å². The summed E-state index contributed by atoms with van der Waals surface area (Å²) in [6.45, 7) is 0. The number of amides is 1. The first kappa shape index (κ1) is 17.4. The quantitative estimate of drug-likeness (QED) is 0.565. The number of methoxy groups -OCH3 is 1. The maximum absolute atomic E-state index is 12.3. The van der Waals surface area contributed by atoms with E-state index in [1.165, 1.54) is 32.4 Å². The summed E-state index contributed by atoms with van der Waals surface area (Å²) in [5, 5.41) is 2.33. The Kier molecular flexibility index (Phi) is 4.85. The van der Waals surface area contributed by atoms with Gasteiger partial charge in [0.15, 0.2) is 5.82 Å². The summed E-state index contributed by atoms with van der Waals surface area (Å²) in [6.07, 6.45) is 1.10. The summed E-state index contributed by atoms with van der Waals surface area (Å²) < 4.78 is 30.8. The third-order valence-corrected chi connectivity index (χ3v) is 4.53. The molecule has 0 saturated heterocycles. The molecule has 5 N–H and O–H groups in total. The Morgan fingerprint density at radius 2 is 2.08 bits per heavy atom. The first-order valence-corrected chi connectivity index (χ1v) is 8.04. The van der Waals surface area contributed by atoms with Gasteiger partial charge in [-0.3, -0.25) is 9.59 Å². The van der Waals surface area contributed by atoms with Crippen molar-refractivity contribution in [2.24, 2.45) is 0 Å². The molecule has 0 aliphatic heterocycles. The number of carbonyl (C=O) groups excluding carboxylic acids is 1. The van der Waals surface area contributed by atoms with Gasteiger partial charge in [-0.1, -0.05) is 0 Å². The van der Waals surface area contributed by atoms with E-state index >= 15 is 0 Å². The Morgan fingerprint density at radius 3 is 2.67 bits per heavy atom. The number of anilines is 2. The van der Waals surface area contributed by atoms with Crippen LogP contribution in [0, 0.1) is 0 Å². The first-order valence-electron chi connectivity index (χ1n) is 6.56. The number of nitrogens with one attached hydrogen (secondary N) is 3. The predicted octanol–water partition coefficient (Wildman–Crippen LogP) is -0.479. The second-order valence-electron chi connectivity index (χ2n) is 4.52. The van der Waals surface area contributed by atoms with Crippen LogP contribution >= 0.6 is 0 Å². The smallest absolute Gasteiger partial charge is 0.276 e. The third kappa shape index (κ3) is 3.36. The minimum Gasteiger partial charge on any atom is -0.496 e. The third-order valence-electron chi connectivity index (χ3n) is 3.12. The molecule has 24 heavy (non-hydrogen) atoms. The number of H-pyrrole nitrogens is 1. The van der Waals surface area contributed by atoms with E-state index in [4.69, 9.17) is 10.5 Å². The molecule has 10 nitrogen and oxygen atoms in total. The Hall–Kier alpha value is -2.92. The van der Waals surface area contributed by atoms with Crippen molar-refractivity contribution in [2.75, 3.05) is 25.2 Å². The molecule has 0 radical (unpaired) electrons. The molecule has 0 atom stereocenters. The lowest BCUT2D eigenvalue weighted by Gasteiger charge is -2.11. The molecule has 1 aromatic heterocycles. The number of aromatic amines is 1. The Bertz CT molecular complexity index is 938. The molecule has 0 spiro atoms. The molecule has 2 aromatic rings. The fourth-order valence-corrected chi connectivity index (χ4v) is 2.60. The van der Waals surface area contributed by atoms with Crippen molar-refractivity contribution in [1.82, 2.24) is 14.7 Å². The lowest BCUT2D eigenvalue weighted by atomic mass is 10.2. The summed E-state index contributed by atoms with van der Waals surface area (Å²) >= 11 is 0. The predicted molar refractivity (Wildman–Crippen MR) is 86.5 cm³/mol. The zero-order valence-corrected chi connectivity index (χ0v) is 13.6. The number of hydrogen-bond acceptors (Lipinski definition) is 7. The van der Waals surface area contributed by atoms with Crippen LogP contribution in [0.5, 0.6) is 5.75 Å². The van der Waals surface area contributed by atoms with E-state index in [0.29, 0.717) is 0 Å². The highest BCUT2D eigenvalue weighted by atomic mass is 32.2. The number of rotatable bonds is 5. The summed E-state index contributed by atoms with van der Waals surface area (Å²) in [4.78, 5) is 29.9. The molecule has 0 unspecified atom stereocenters. The zero-order chi connectivity index (χ0) is 17.9. The summed E-state index contributed by atoms with van der Waals surface area (Å²) in [7, 11) is -1.14. The highest BCUT2D eigenvalue weighted by molar-refractivity contribution is 7.89. The van der Waals surface area contributed by atoms with Gasteiger partial charge < -0.3 is 20.8 Å². The van der Waals surface area contributed by atoms with Gasteiger partial charge in [-0.05, 0) is 19.2 Å². The van der Waals surface area contributed by atoms with Crippen molar-refractivity contribution in [1.29, 1.82) is 0 Å². The molecule has 1 heterocycles. The van der Waals surface area contributed by atoms with Gasteiger partial charge >= 0.3 is 0 Å². The Morgan fingerprint density at radius 1 is 1.38 bits per heavy atom. The van der Waals surface area contributed by atoms with Crippen molar-refractivity contribution in [3.8, 4) is 5.75 Å². The van der Waals surface area contributed by atoms with E-state index in [1.807, 2.05) is 0 Å². The number of carbonyl (C=O) groups is 1. The van der Waals surface area contributed by atoms with Gasteiger partial charge in [-0.2, -0.15) is 0 Å². The lowest BCUT2D eigenvalue weighted by Crippen LogP contribution is -2.23. The van der Waals surface area contributed by atoms with Crippen LogP contribution in [-0.2, 0) is 10.0 Å². The zero-order valence-electron chi connectivity index (χ0n) is 12.8. The molecule has 0 bridgehead atoms. The van der Waals surface area contributed by atoms with Crippen molar-refractivity contribution in [3.63, 3.8) is 0 Å². The number of nitrogens with two attached hydrogens (primary N) is 1. The van der Waals surface area contributed by atoms with Gasteiger partial charge in [-0.25, -0.2) is 18.1 Å². The lowest BCUT2D eigenvalue weighted by molar-refractivity contribution is 0.102. The van der Waals surface area contributed by atoms with E-state index < -0.39 is 21.5 Å². The van der Waals surface area contributed by atoms with Crippen molar-refractivity contribution < 1.29 is 17.9 Å². The molecule has 0 fully saturated rings. The molecule has 128 valence electrons. The summed E-state index contributed by atoms with van der Waals surface area (Å²) in [5.74, 6) is -0.839. The van der Waals surface area contributed by atoms with Gasteiger partial charge in [0.25, 0.3) is 11.5 Å². The van der Waals surface area contributed by atoms with Crippen LogP contribution in [0.4, 0.5) is 11.5 Å². The number of sulfonamides is 1. The van der Waals surface area contributed by atoms with Crippen LogP contribution in [0.25, 0.3) is 0 Å². The van der Waals surface area contributed by atoms with Gasteiger partial charge in [-0.15, -0.1) is 0 Å². The number of benzene rings is 1. The largest absolute Gasteiger partial charge is 0.496 e. The van der Waals surface area contributed by atoms with Gasteiger partial charge in [0, 0.05) is 6.07 Å². The molecule has 0 aliphatic carbocycles. The van der Waals surface area contributed by atoms with E-state index in [-0.39, 0.29) is 27.7 Å². The minimum atomic E-state index is -3.69. The topological polar surface area (TPSA) is 156 Å². The second-order valence-corrected chi connectivity index (χ2v) is 6.40. The molecular weight excluding hydrogens is 338 g/mol. The number of nitrogens with zero attached hydrogens (tertiary/aromatic N) is 1. The summed E-state index contributed by atoms with van der Waals surface area (Å²) in [6, 6.07) is 3.69. The molecular formula is C13H15N5O5S. The summed E-state index contributed by atoms with van der Waals surface area (Å²) in [5.41, 5.74) is 4.74. The highest BCUT2D eigenvalue weighted by Gasteiger charge is 2.19. The maximum Gasteiger partial charge on any atom is 0.276 e. The normalized spacial score (nSPS) is 11.1. The van der Waals surface area contributed by atoms with Gasteiger partial charge in [0.1, 0.15) is 11.4 Å². The van der Waals surface area contributed by atoms with Gasteiger partial charge in [0.05, 0.1) is 23.9 Å². The standard InChI is InChI=1S/C13H15N5O5S/c1-15-24(21,22)7-3-4-8(9(5-7)23-2)12(19)18-10-11(14)16-6-17-13(10)20/h3-6,15H,1-2H3,(H,18,19)(H3,14,16,17,20). The Balaban J connectivity index is 2.42. The molecule has 1 aromatic carbocycles. The first-order chi connectivity index (χ1) is 11.3. The maximum atomic E-state index is 12.3. The number of hydrogen-bond donors (Lipinski definition) is 4. The van der Waals surface area contributed by atoms with E-state index in [9.17, 15) is 18.0 Å². The molecule has 0 saturated carbocycles. The number of nitrogen functional groups attached to an aromatic ring is 1. The molecule has 1 amide bonds. The van der Waals surface area contributed by atoms with Crippen molar-refractivity contribution in [3.05, 3.63) is 40.4 Å². The molecule has 2 rings (SSSR count). The van der Waals surface area contributed by atoms with Gasteiger partial charge in [0.2, 0.25) is 10.0 Å². The van der Waals surface area contributed by atoms with Crippen LogP contribution < -0.4 is 26.1 Å². The van der Waals surface area contributed by atoms with Crippen LogP contribution in [0.15, 0.2) is 34.2 Å². The monoisotopic (exact) mass is 353 g/mol. The van der Waals surface area contributed by atoms with Crippen LogP contribution in [0.2, 0.25) is 0 Å². The van der Waals surface area contributed by atoms with E-state index in [1.54, 1.807) is 0 Å². The SMILES string of the molecule is CNS(=O)(=O)c1ccc(C(=O)Nc2c(N)nc[nH]c2=O)c(OC)c1. The van der Waals surface area contributed by atoms with Crippen LogP contribution in [0.1, 0.15) is 10.4 Å². The second kappa shape index (κ2) is 6.68. The highest BCUT2D eigenvalue weighted by Crippen LogP contribution is 2.24. The van der Waals surface area contributed by atoms with Crippen LogP contribution in [0.3, 0.4) is 0 Å². The average Bonchev–Trinajstić information content (AvgIpc) is 2.57. The van der Waals surface area contributed by atoms with Crippen molar-refractivity contribution >= 4 is 27.4 Å². The number of ether oxygens (including phenoxy) is 1. The average molecular weight is 353 g/mol. The van der Waals surface area contributed by atoms with Crippen molar-refractivity contribution in [2.45, 2.75) is 4.90 Å². The van der Waals surface area contributed by atoms with E-state index in [0.717, 1.165) is 6.33 Å².